The molecule has 0 saturated heterocycles. The quantitative estimate of drug-likeness (QED) is 0.801. The lowest BCUT2D eigenvalue weighted by Crippen LogP contribution is -2.63. The maximum absolute atomic E-state index is 12.9. The van der Waals surface area contributed by atoms with Gasteiger partial charge in [-0.25, -0.2) is 0 Å². The molecule has 0 amide bonds. The van der Waals surface area contributed by atoms with E-state index < -0.39 is 5.41 Å². The van der Waals surface area contributed by atoms with E-state index in [1.165, 1.54) is 13.2 Å². The minimum atomic E-state index is -0.693. The monoisotopic (exact) mass is 296 g/mol. The highest BCUT2D eigenvalue weighted by atomic mass is 16.5. The lowest BCUT2D eigenvalue weighted by molar-refractivity contribution is -0.161. The summed E-state index contributed by atoms with van der Waals surface area (Å²) < 4.78 is 5.10. The fraction of sp³-hybridized carbons (Fsp3) is 0.368. The van der Waals surface area contributed by atoms with Crippen LogP contribution in [0.1, 0.15) is 24.8 Å². The van der Waals surface area contributed by atoms with Crippen LogP contribution in [-0.2, 0) is 14.3 Å². The van der Waals surface area contributed by atoms with Crippen molar-refractivity contribution >= 4 is 11.6 Å². The molecule has 3 rings (SSSR count). The van der Waals surface area contributed by atoms with Gasteiger partial charge in [-0.05, 0) is 17.9 Å². The van der Waals surface area contributed by atoms with E-state index in [2.05, 4.69) is 6.58 Å². The first-order valence-electron chi connectivity index (χ1n) is 7.58. The summed E-state index contributed by atoms with van der Waals surface area (Å²) in [6, 6.07) is 9.98. The van der Waals surface area contributed by atoms with E-state index in [0.29, 0.717) is 6.42 Å². The van der Waals surface area contributed by atoms with Gasteiger partial charge in [0.2, 0.25) is 5.78 Å². The fourth-order valence-electron chi connectivity index (χ4n) is 4.48. The van der Waals surface area contributed by atoms with Gasteiger partial charge in [-0.2, -0.15) is 0 Å². The maximum atomic E-state index is 12.9. The van der Waals surface area contributed by atoms with Crippen molar-refractivity contribution in [3.63, 3.8) is 0 Å². The molecule has 1 aromatic carbocycles. The normalized spacial score (nSPS) is 33.5. The second kappa shape index (κ2) is 5.24. The van der Waals surface area contributed by atoms with Crippen molar-refractivity contribution in [2.75, 3.05) is 7.11 Å². The molecule has 0 aromatic heterocycles. The minimum absolute atomic E-state index is 0.0131. The van der Waals surface area contributed by atoms with Crippen LogP contribution in [0.4, 0.5) is 0 Å². The standard InChI is InChI=1S/C19H20O3/c1-4-10-19-15(20)11-14(22-3)18(21)17(19)12(2)16(19)13-8-6-5-7-9-13/h4-9,11-12,16-17H,1,10H2,2-3H3/t12-,16+,17+,19+/m1/s1. The predicted octanol–water partition coefficient (Wildman–Crippen LogP) is 3.28. The first-order chi connectivity index (χ1) is 10.6. The Kier molecular flexibility index (Phi) is 3.51. The van der Waals surface area contributed by atoms with E-state index in [1.807, 2.05) is 37.3 Å². The molecule has 22 heavy (non-hydrogen) atoms. The zero-order valence-electron chi connectivity index (χ0n) is 12.9. The number of benzene rings is 1. The maximum Gasteiger partial charge on any atom is 0.201 e. The first kappa shape index (κ1) is 14.8. The highest BCUT2D eigenvalue weighted by Gasteiger charge is 2.67. The zero-order chi connectivity index (χ0) is 15.9. The number of methoxy groups -OCH3 is 1. The molecule has 0 unspecified atom stereocenters. The van der Waals surface area contributed by atoms with E-state index in [0.717, 1.165) is 5.56 Å². The van der Waals surface area contributed by atoms with Crippen molar-refractivity contribution in [3.8, 4) is 0 Å². The third kappa shape index (κ3) is 1.75. The van der Waals surface area contributed by atoms with Crippen molar-refractivity contribution in [1.82, 2.24) is 0 Å². The third-order valence-electron chi connectivity index (χ3n) is 5.27. The number of hydrogen-bond donors (Lipinski definition) is 0. The molecular weight excluding hydrogens is 276 g/mol. The number of allylic oxidation sites excluding steroid dienone is 3. The van der Waals surface area contributed by atoms with Gasteiger partial charge in [0.1, 0.15) is 0 Å². The number of hydrogen-bond acceptors (Lipinski definition) is 3. The smallest absolute Gasteiger partial charge is 0.201 e. The van der Waals surface area contributed by atoms with Gasteiger partial charge in [-0.1, -0.05) is 43.3 Å². The summed E-state index contributed by atoms with van der Waals surface area (Å²) in [4.78, 5) is 25.5. The van der Waals surface area contributed by atoms with E-state index in [9.17, 15) is 9.59 Å². The summed E-state index contributed by atoms with van der Waals surface area (Å²) >= 11 is 0. The summed E-state index contributed by atoms with van der Waals surface area (Å²) in [6.45, 7) is 5.85. The Bertz CT molecular complexity index is 659. The van der Waals surface area contributed by atoms with Crippen LogP contribution in [0.15, 0.2) is 54.8 Å². The first-order valence-corrected chi connectivity index (χ1v) is 7.58. The van der Waals surface area contributed by atoms with E-state index in [-0.39, 0.29) is 35.1 Å². The fourth-order valence-corrected chi connectivity index (χ4v) is 4.48. The summed E-state index contributed by atoms with van der Waals surface area (Å²) in [6.07, 6.45) is 3.65. The number of ether oxygens (including phenoxy) is 1. The molecule has 0 aliphatic heterocycles. The molecule has 2 aliphatic rings. The summed E-state index contributed by atoms with van der Waals surface area (Å²) in [7, 11) is 1.44. The molecule has 3 heteroatoms. The minimum Gasteiger partial charge on any atom is -0.493 e. The molecular formula is C19H20O3. The number of rotatable bonds is 4. The Morgan fingerprint density at radius 1 is 1.23 bits per heavy atom. The van der Waals surface area contributed by atoms with E-state index in [1.54, 1.807) is 6.08 Å². The Labute approximate surface area is 130 Å². The molecule has 1 aromatic rings. The molecule has 0 spiro atoms. The molecule has 2 aliphatic carbocycles. The predicted molar refractivity (Wildman–Crippen MR) is 84.2 cm³/mol. The second-order valence-electron chi connectivity index (χ2n) is 6.20. The van der Waals surface area contributed by atoms with Crippen LogP contribution in [0, 0.1) is 17.3 Å². The molecule has 1 saturated carbocycles. The Morgan fingerprint density at radius 3 is 2.50 bits per heavy atom. The van der Waals surface area contributed by atoms with E-state index >= 15 is 0 Å². The molecule has 0 N–H and O–H groups in total. The average Bonchev–Trinajstić information content (AvgIpc) is 2.51. The molecule has 1 fully saturated rings. The van der Waals surface area contributed by atoms with Gasteiger partial charge in [-0.3, -0.25) is 9.59 Å². The Hall–Kier alpha value is -2.16. The van der Waals surface area contributed by atoms with Crippen molar-refractivity contribution in [3.05, 3.63) is 60.4 Å². The van der Waals surface area contributed by atoms with Crippen LogP contribution in [0.2, 0.25) is 0 Å². The number of ketones is 2. The van der Waals surface area contributed by atoms with Gasteiger partial charge in [0.05, 0.1) is 12.5 Å². The van der Waals surface area contributed by atoms with Gasteiger partial charge < -0.3 is 4.74 Å². The highest BCUT2D eigenvalue weighted by molar-refractivity contribution is 6.13. The molecule has 114 valence electrons. The molecule has 0 bridgehead atoms. The van der Waals surface area contributed by atoms with Crippen molar-refractivity contribution in [2.45, 2.75) is 19.3 Å². The third-order valence-corrected chi connectivity index (χ3v) is 5.27. The van der Waals surface area contributed by atoms with Crippen LogP contribution >= 0.6 is 0 Å². The topological polar surface area (TPSA) is 43.4 Å². The van der Waals surface area contributed by atoms with Crippen LogP contribution < -0.4 is 0 Å². The number of carbonyl (C=O) groups excluding carboxylic acids is 2. The highest BCUT2D eigenvalue weighted by Crippen LogP contribution is 2.65. The Morgan fingerprint density at radius 2 is 1.91 bits per heavy atom. The molecule has 3 nitrogen and oxygen atoms in total. The summed E-state index contributed by atoms with van der Waals surface area (Å²) in [5.41, 5.74) is 0.422. The SMILES string of the molecule is C=CC[C@@]12C(=O)C=C(OC)C(=O)[C@@H]1[C@H](C)[C@H]2c1ccccc1. The van der Waals surface area contributed by atoms with Crippen LogP contribution in [-0.4, -0.2) is 18.7 Å². The number of carbonyl (C=O) groups is 2. The second-order valence-corrected chi connectivity index (χ2v) is 6.20. The molecule has 0 heterocycles. The van der Waals surface area contributed by atoms with Crippen LogP contribution in [0.3, 0.4) is 0 Å². The van der Waals surface area contributed by atoms with Crippen molar-refractivity contribution < 1.29 is 14.3 Å². The van der Waals surface area contributed by atoms with Gasteiger partial charge in [0, 0.05) is 17.9 Å². The average molecular weight is 296 g/mol. The van der Waals surface area contributed by atoms with Gasteiger partial charge in [0.15, 0.2) is 11.5 Å². The number of fused-ring (bicyclic) bond motifs is 1. The van der Waals surface area contributed by atoms with Gasteiger partial charge in [0.25, 0.3) is 0 Å². The van der Waals surface area contributed by atoms with Crippen molar-refractivity contribution in [1.29, 1.82) is 0 Å². The Balaban J connectivity index is 2.12. The van der Waals surface area contributed by atoms with Crippen LogP contribution in [0.5, 0.6) is 0 Å². The van der Waals surface area contributed by atoms with E-state index in [4.69, 9.17) is 4.74 Å². The summed E-state index contributed by atoms with van der Waals surface area (Å²) in [5, 5.41) is 0. The zero-order valence-corrected chi connectivity index (χ0v) is 12.9. The lowest BCUT2D eigenvalue weighted by Gasteiger charge is -2.60. The molecule has 4 atom stereocenters. The largest absolute Gasteiger partial charge is 0.493 e. The summed E-state index contributed by atoms with van der Waals surface area (Å²) in [5.74, 6) is -0.0407. The van der Waals surface area contributed by atoms with Crippen molar-refractivity contribution in [2.24, 2.45) is 17.3 Å². The number of Topliss-reactive ketones (excluding diaryl/α,β-unsaturated/α-hetero) is 1. The molecule has 0 radical (unpaired) electrons. The van der Waals surface area contributed by atoms with Crippen LogP contribution in [0.25, 0.3) is 0 Å². The van der Waals surface area contributed by atoms with Gasteiger partial charge in [-0.15, -0.1) is 6.58 Å². The van der Waals surface area contributed by atoms with Gasteiger partial charge >= 0.3 is 0 Å². The lowest BCUT2D eigenvalue weighted by atomic mass is 9.40.